The summed E-state index contributed by atoms with van der Waals surface area (Å²) in [6, 6.07) is 17.4. The third kappa shape index (κ3) is 18.3. The van der Waals surface area contributed by atoms with Crippen molar-refractivity contribution < 1.29 is 28.7 Å². The fourth-order valence-electron chi connectivity index (χ4n) is 2.14. The third-order valence-electron chi connectivity index (χ3n) is 3.41. The number of ether oxygens (including phenoxy) is 2. The molecule has 0 fully saturated rings. The molecular weight excluding hydrogens is 432 g/mol. The molecule has 2 aromatic rings. The zero-order valence-electron chi connectivity index (χ0n) is 21.5. The molecule has 0 saturated heterocycles. The van der Waals surface area contributed by atoms with E-state index in [0.29, 0.717) is 24.3 Å². The molecule has 0 heterocycles. The fourth-order valence-corrected chi connectivity index (χ4v) is 2.14. The van der Waals surface area contributed by atoms with Gasteiger partial charge in [-0.3, -0.25) is 19.2 Å². The van der Waals surface area contributed by atoms with Gasteiger partial charge in [-0.25, -0.2) is 0 Å². The molecule has 0 saturated carbocycles. The second-order valence-electron chi connectivity index (χ2n) is 6.96. The Kier molecular flexibility index (Phi) is 22.2. The Labute approximate surface area is 204 Å². The van der Waals surface area contributed by atoms with Crippen LogP contribution in [0, 0.1) is 0 Å². The van der Waals surface area contributed by atoms with Crippen LogP contribution in [0.2, 0.25) is 0 Å². The van der Waals surface area contributed by atoms with Gasteiger partial charge in [0.1, 0.15) is 12.8 Å². The molecule has 188 valence electrons. The Morgan fingerprint density at radius 2 is 0.794 bits per heavy atom. The van der Waals surface area contributed by atoms with Gasteiger partial charge in [-0.2, -0.15) is 0 Å². The molecule has 0 unspecified atom stereocenters. The standard InChI is InChI=1S/2C11H12O3.2C3H8/c2*1-2-14-11(13)8-10(12)9-6-4-3-5-7-9;2*1-3-2/h2*3-7H,2,8H2,1H3;2*3H2,1-2H3. The summed E-state index contributed by atoms with van der Waals surface area (Å²) in [6.45, 7) is 12.5. The molecule has 0 aliphatic carbocycles. The summed E-state index contributed by atoms with van der Waals surface area (Å²) in [4.78, 5) is 44.8. The summed E-state index contributed by atoms with van der Waals surface area (Å²) < 4.78 is 9.35. The second-order valence-corrected chi connectivity index (χ2v) is 6.96. The highest BCUT2D eigenvalue weighted by Crippen LogP contribution is 2.04. The Balaban J connectivity index is 0. The van der Waals surface area contributed by atoms with Gasteiger partial charge in [0.15, 0.2) is 11.6 Å². The highest BCUT2D eigenvalue weighted by Gasteiger charge is 2.12. The first kappa shape index (κ1) is 32.9. The van der Waals surface area contributed by atoms with E-state index in [2.05, 4.69) is 37.2 Å². The number of rotatable bonds is 8. The molecule has 6 heteroatoms. The minimum atomic E-state index is -0.471. The molecule has 0 spiro atoms. The van der Waals surface area contributed by atoms with E-state index < -0.39 is 11.9 Å². The Morgan fingerprint density at radius 1 is 0.529 bits per heavy atom. The highest BCUT2D eigenvalue weighted by atomic mass is 16.5. The Morgan fingerprint density at radius 3 is 1.03 bits per heavy atom. The van der Waals surface area contributed by atoms with Crippen LogP contribution in [0.5, 0.6) is 0 Å². The number of carbonyl (C=O) groups is 4. The quantitative estimate of drug-likeness (QED) is 0.248. The minimum absolute atomic E-state index is 0.183. The van der Waals surface area contributed by atoms with Crippen LogP contribution in [-0.4, -0.2) is 36.7 Å². The van der Waals surface area contributed by atoms with Crippen molar-refractivity contribution in [2.75, 3.05) is 13.2 Å². The summed E-state index contributed by atoms with van der Waals surface area (Å²) in [6.07, 6.45) is 2.13. The van der Waals surface area contributed by atoms with Crippen molar-refractivity contribution in [2.45, 2.75) is 67.2 Å². The van der Waals surface area contributed by atoms with E-state index >= 15 is 0 Å². The monoisotopic (exact) mass is 472 g/mol. The first-order chi connectivity index (χ1) is 16.3. The van der Waals surface area contributed by atoms with Crippen molar-refractivity contribution in [3.8, 4) is 0 Å². The van der Waals surface area contributed by atoms with Crippen LogP contribution in [0.4, 0.5) is 0 Å². The maximum atomic E-state index is 11.4. The highest BCUT2D eigenvalue weighted by molar-refractivity contribution is 6.06. The van der Waals surface area contributed by atoms with Crippen molar-refractivity contribution in [3.63, 3.8) is 0 Å². The lowest BCUT2D eigenvalue weighted by atomic mass is 10.1. The van der Waals surface area contributed by atoms with Crippen LogP contribution < -0.4 is 0 Å². The molecule has 6 nitrogen and oxygen atoms in total. The topological polar surface area (TPSA) is 86.7 Å². The van der Waals surface area contributed by atoms with E-state index in [-0.39, 0.29) is 24.4 Å². The molecule has 2 rings (SSSR count). The van der Waals surface area contributed by atoms with Gasteiger partial charge in [0.25, 0.3) is 0 Å². The third-order valence-corrected chi connectivity index (χ3v) is 3.41. The molecule has 0 aliphatic heterocycles. The SMILES string of the molecule is CCC.CCC.CCOC(=O)CC(=O)c1ccccc1.CCOC(=O)CC(=O)c1ccccc1. The average Bonchev–Trinajstić information content (AvgIpc) is 2.82. The Bertz CT molecular complexity index is 731. The lowest BCUT2D eigenvalue weighted by Gasteiger charge is -2.00. The first-order valence-corrected chi connectivity index (χ1v) is 11.8. The van der Waals surface area contributed by atoms with Crippen LogP contribution in [0.25, 0.3) is 0 Å². The predicted octanol–water partition coefficient (Wildman–Crippen LogP) is 6.48. The van der Waals surface area contributed by atoms with Crippen LogP contribution in [-0.2, 0) is 19.1 Å². The van der Waals surface area contributed by atoms with Crippen molar-refractivity contribution in [2.24, 2.45) is 0 Å². The largest absolute Gasteiger partial charge is 0.466 e. The van der Waals surface area contributed by atoms with Gasteiger partial charge in [0.05, 0.1) is 13.2 Å². The normalized spacial score (nSPS) is 8.88. The van der Waals surface area contributed by atoms with Gasteiger partial charge in [0, 0.05) is 11.1 Å². The molecule has 0 N–H and O–H groups in total. The molecule has 0 aliphatic rings. The van der Waals surface area contributed by atoms with E-state index in [4.69, 9.17) is 0 Å². The van der Waals surface area contributed by atoms with Crippen molar-refractivity contribution in [1.82, 2.24) is 0 Å². The molecule has 0 atom stereocenters. The number of hydrogen-bond donors (Lipinski definition) is 0. The van der Waals surface area contributed by atoms with Crippen molar-refractivity contribution in [1.29, 1.82) is 0 Å². The van der Waals surface area contributed by atoms with E-state index in [1.807, 2.05) is 12.1 Å². The van der Waals surface area contributed by atoms with E-state index in [1.54, 1.807) is 62.4 Å². The zero-order chi connectivity index (χ0) is 26.2. The van der Waals surface area contributed by atoms with Gasteiger partial charge in [-0.05, 0) is 13.8 Å². The van der Waals surface area contributed by atoms with E-state index in [9.17, 15) is 19.2 Å². The number of Topliss-reactive ketones (excluding diaryl/α,β-unsaturated/α-hetero) is 2. The smallest absolute Gasteiger partial charge is 0.313 e. The molecule has 2 aromatic carbocycles. The van der Waals surface area contributed by atoms with Crippen LogP contribution in [0.3, 0.4) is 0 Å². The molecule has 0 radical (unpaired) electrons. The lowest BCUT2D eigenvalue weighted by molar-refractivity contribution is -0.143. The predicted molar refractivity (Wildman–Crippen MR) is 136 cm³/mol. The van der Waals surface area contributed by atoms with Gasteiger partial charge >= 0.3 is 11.9 Å². The second kappa shape index (κ2) is 22.9. The maximum absolute atomic E-state index is 11.4. The van der Waals surface area contributed by atoms with Gasteiger partial charge in [-0.1, -0.05) is 101 Å². The van der Waals surface area contributed by atoms with E-state index in [1.165, 1.54) is 12.8 Å². The summed E-state index contributed by atoms with van der Waals surface area (Å²) >= 11 is 0. The number of benzene rings is 2. The van der Waals surface area contributed by atoms with Gasteiger partial charge in [0.2, 0.25) is 0 Å². The fraction of sp³-hybridized carbons (Fsp3) is 0.429. The Hall–Kier alpha value is -3.28. The summed E-state index contributed by atoms with van der Waals surface area (Å²) in [5, 5.41) is 0. The number of hydrogen-bond acceptors (Lipinski definition) is 6. The molecule has 0 amide bonds. The maximum Gasteiger partial charge on any atom is 0.313 e. The number of esters is 2. The average molecular weight is 473 g/mol. The number of ketones is 2. The van der Waals surface area contributed by atoms with Crippen LogP contribution in [0.15, 0.2) is 60.7 Å². The molecule has 0 aromatic heterocycles. The molecule has 0 bridgehead atoms. The summed E-state index contributed by atoms with van der Waals surface area (Å²) in [5.41, 5.74) is 1.08. The molecule has 34 heavy (non-hydrogen) atoms. The van der Waals surface area contributed by atoms with Crippen molar-refractivity contribution >= 4 is 23.5 Å². The van der Waals surface area contributed by atoms with Crippen LogP contribution in [0.1, 0.15) is 87.9 Å². The van der Waals surface area contributed by atoms with Crippen LogP contribution >= 0.6 is 0 Å². The lowest BCUT2D eigenvalue weighted by Crippen LogP contribution is -2.11. The van der Waals surface area contributed by atoms with E-state index in [0.717, 1.165) is 0 Å². The van der Waals surface area contributed by atoms with Gasteiger partial charge < -0.3 is 9.47 Å². The van der Waals surface area contributed by atoms with Gasteiger partial charge in [-0.15, -0.1) is 0 Å². The summed E-state index contributed by atoms with van der Waals surface area (Å²) in [5.74, 6) is -1.35. The zero-order valence-corrected chi connectivity index (χ0v) is 21.5. The van der Waals surface area contributed by atoms with Crippen molar-refractivity contribution in [3.05, 3.63) is 71.8 Å². The minimum Gasteiger partial charge on any atom is -0.466 e. The number of carbonyl (C=O) groups excluding carboxylic acids is 4. The molecular formula is C28H40O6. The summed E-state index contributed by atoms with van der Waals surface area (Å²) in [7, 11) is 0. The first-order valence-electron chi connectivity index (χ1n) is 11.8.